The number of aryl methyl sites for hydroxylation is 1. The van der Waals surface area contributed by atoms with Crippen LogP contribution in [0.3, 0.4) is 0 Å². The summed E-state index contributed by atoms with van der Waals surface area (Å²) in [5.41, 5.74) is 1.77. The summed E-state index contributed by atoms with van der Waals surface area (Å²) < 4.78 is 0. The third-order valence-corrected chi connectivity index (χ3v) is 5.21. The van der Waals surface area contributed by atoms with Crippen molar-refractivity contribution >= 4 is 23.4 Å². The van der Waals surface area contributed by atoms with Crippen molar-refractivity contribution in [2.75, 3.05) is 31.5 Å². The second-order valence-corrected chi connectivity index (χ2v) is 7.88. The van der Waals surface area contributed by atoms with E-state index in [0.717, 1.165) is 17.7 Å². The van der Waals surface area contributed by atoms with Gasteiger partial charge in [-0.3, -0.25) is 14.4 Å². The van der Waals surface area contributed by atoms with Crippen LogP contribution in [0.4, 0.5) is 5.69 Å². The van der Waals surface area contributed by atoms with Crippen molar-refractivity contribution in [2.45, 2.75) is 47.0 Å². The number of rotatable bonds is 7. The van der Waals surface area contributed by atoms with Gasteiger partial charge in [-0.1, -0.05) is 39.0 Å². The number of anilines is 1. The van der Waals surface area contributed by atoms with E-state index in [1.807, 2.05) is 56.9 Å². The van der Waals surface area contributed by atoms with Gasteiger partial charge in [-0.2, -0.15) is 0 Å². The second kappa shape index (κ2) is 10.2. The average Bonchev–Trinajstić information content (AvgIpc) is 2.68. The molecule has 1 saturated heterocycles. The van der Waals surface area contributed by atoms with Crippen molar-refractivity contribution in [1.82, 2.24) is 9.80 Å². The molecule has 0 bridgehead atoms. The molecule has 1 aliphatic heterocycles. The number of amides is 3. The number of likely N-dealkylation sites (tertiary alicyclic amines) is 1. The number of carbonyl (C=O) groups excluding carboxylic acids is 3. The van der Waals surface area contributed by atoms with E-state index in [1.165, 1.54) is 0 Å². The Kier molecular flexibility index (Phi) is 8.03. The molecule has 3 amide bonds. The maximum absolute atomic E-state index is 13.0. The van der Waals surface area contributed by atoms with Crippen LogP contribution in [0.15, 0.2) is 24.3 Å². The Morgan fingerprint density at radius 2 is 1.82 bits per heavy atom. The minimum absolute atomic E-state index is 0.0195. The van der Waals surface area contributed by atoms with Crippen molar-refractivity contribution in [1.29, 1.82) is 0 Å². The lowest BCUT2D eigenvalue weighted by Crippen LogP contribution is -2.47. The predicted molar refractivity (Wildman–Crippen MR) is 111 cm³/mol. The molecular formula is C22H33N3O3. The van der Waals surface area contributed by atoms with Crippen LogP contribution in [-0.2, 0) is 14.4 Å². The molecule has 1 aliphatic rings. The fraction of sp³-hybridized carbons (Fsp3) is 0.591. The van der Waals surface area contributed by atoms with E-state index in [9.17, 15) is 14.4 Å². The smallest absolute Gasteiger partial charge is 0.244 e. The van der Waals surface area contributed by atoms with E-state index in [0.29, 0.717) is 32.5 Å². The molecule has 1 N–H and O–H groups in total. The van der Waals surface area contributed by atoms with Crippen molar-refractivity contribution in [3.05, 3.63) is 29.8 Å². The van der Waals surface area contributed by atoms with Crippen molar-refractivity contribution in [3.63, 3.8) is 0 Å². The number of carbonyl (C=O) groups is 3. The molecule has 6 nitrogen and oxygen atoms in total. The van der Waals surface area contributed by atoms with Gasteiger partial charge in [0.25, 0.3) is 0 Å². The number of nitrogens with one attached hydrogen (secondary N) is 1. The van der Waals surface area contributed by atoms with Gasteiger partial charge in [-0.25, -0.2) is 0 Å². The Morgan fingerprint density at radius 3 is 2.39 bits per heavy atom. The molecule has 1 heterocycles. The standard InChI is InChI=1S/C22H33N3O3/c1-5-12-25(15-20(26)23-19-9-7-6-8-17(19)4)22(28)18-10-13-24(14-11-18)21(27)16(2)3/h6-9,16,18H,5,10-15H2,1-4H3,(H,23,26). The summed E-state index contributed by atoms with van der Waals surface area (Å²) in [5.74, 6) is -0.140. The molecular weight excluding hydrogens is 354 g/mol. The van der Waals surface area contributed by atoms with E-state index in [2.05, 4.69) is 5.32 Å². The quantitative estimate of drug-likeness (QED) is 0.782. The first-order valence-corrected chi connectivity index (χ1v) is 10.3. The maximum atomic E-state index is 13.0. The highest BCUT2D eigenvalue weighted by Crippen LogP contribution is 2.21. The zero-order valence-corrected chi connectivity index (χ0v) is 17.5. The third-order valence-electron chi connectivity index (χ3n) is 5.21. The third kappa shape index (κ3) is 5.81. The van der Waals surface area contributed by atoms with Gasteiger partial charge in [0.15, 0.2) is 0 Å². The number of hydrogen-bond acceptors (Lipinski definition) is 3. The van der Waals surface area contributed by atoms with E-state index in [1.54, 1.807) is 4.90 Å². The lowest BCUT2D eigenvalue weighted by Gasteiger charge is -2.34. The number of nitrogens with zero attached hydrogens (tertiary/aromatic N) is 2. The Bertz CT molecular complexity index is 694. The van der Waals surface area contributed by atoms with Crippen LogP contribution in [-0.4, -0.2) is 53.7 Å². The molecule has 0 saturated carbocycles. The summed E-state index contributed by atoms with van der Waals surface area (Å²) in [6, 6.07) is 7.61. The molecule has 1 aromatic carbocycles. The number of piperidine rings is 1. The average molecular weight is 388 g/mol. The molecule has 0 atom stereocenters. The van der Waals surface area contributed by atoms with Crippen molar-refractivity contribution < 1.29 is 14.4 Å². The first-order chi connectivity index (χ1) is 13.3. The Labute approximate surface area is 168 Å². The van der Waals surface area contributed by atoms with Gasteiger partial charge in [-0.05, 0) is 37.8 Å². The lowest BCUT2D eigenvalue weighted by atomic mass is 9.94. The minimum atomic E-state index is -0.177. The Hall–Kier alpha value is -2.37. The number of hydrogen-bond donors (Lipinski definition) is 1. The molecule has 0 radical (unpaired) electrons. The number of para-hydroxylation sites is 1. The van der Waals surface area contributed by atoms with E-state index in [4.69, 9.17) is 0 Å². The highest BCUT2D eigenvalue weighted by molar-refractivity contribution is 5.95. The highest BCUT2D eigenvalue weighted by Gasteiger charge is 2.31. The summed E-state index contributed by atoms with van der Waals surface area (Å²) in [5, 5.41) is 2.91. The summed E-state index contributed by atoms with van der Waals surface area (Å²) >= 11 is 0. The maximum Gasteiger partial charge on any atom is 0.244 e. The molecule has 0 unspecified atom stereocenters. The lowest BCUT2D eigenvalue weighted by molar-refractivity contribution is -0.143. The normalized spacial score (nSPS) is 14.8. The number of benzene rings is 1. The van der Waals surface area contributed by atoms with Crippen LogP contribution in [0, 0.1) is 18.8 Å². The largest absolute Gasteiger partial charge is 0.342 e. The van der Waals surface area contributed by atoms with Gasteiger partial charge < -0.3 is 15.1 Å². The molecule has 0 spiro atoms. The molecule has 1 fully saturated rings. The fourth-order valence-corrected chi connectivity index (χ4v) is 3.58. The van der Waals surface area contributed by atoms with Gasteiger partial charge in [0.2, 0.25) is 17.7 Å². The summed E-state index contributed by atoms with van der Waals surface area (Å²) in [6.45, 7) is 9.59. The Balaban J connectivity index is 1.94. The Morgan fingerprint density at radius 1 is 1.18 bits per heavy atom. The summed E-state index contributed by atoms with van der Waals surface area (Å²) in [6.07, 6.45) is 2.13. The van der Waals surface area contributed by atoms with Crippen LogP contribution in [0.1, 0.15) is 45.6 Å². The van der Waals surface area contributed by atoms with Crippen LogP contribution in [0.5, 0.6) is 0 Å². The molecule has 0 aliphatic carbocycles. The molecule has 28 heavy (non-hydrogen) atoms. The molecule has 1 aromatic rings. The fourth-order valence-electron chi connectivity index (χ4n) is 3.58. The van der Waals surface area contributed by atoms with Gasteiger partial charge >= 0.3 is 0 Å². The van der Waals surface area contributed by atoms with E-state index >= 15 is 0 Å². The summed E-state index contributed by atoms with van der Waals surface area (Å²) in [4.78, 5) is 41.1. The SMILES string of the molecule is CCCN(CC(=O)Nc1ccccc1C)C(=O)C1CCN(C(=O)C(C)C)CC1. The second-order valence-electron chi connectivity index (χ2n) is 7.88. The van der Waals surface area contributed by atoms with Crippen LogP contribution < -0.4 is 5.32 Å². The van der Waals surface area contributed by atoms with Gasteiger partial charge in [-0.15, -0.1) is 0 Å². The topological polar surface area (TPSA) is 69.7 Å². The first kappa shape index (κ1) is 21.9. The predicted octanol–water partition coefficient (Wildman–Crippen LogP) is 3.07. The molecule has 0 aromatic heterocycles. The van der Waals surface area contributed by atoms with E-state index in [-0.39, 0.29) is 36.1 Å². The van der Waals surface area contributed by atoms with Crippen molar-refractivity contribution in [3.8, 4) is 0 Å². The molecule has 6 heteroatoms. The van der Waals surface area contributed by atoms with Gasteiger partial charge in [0.1, 0.15) is 0 Å². The first-order valence-electron chi connectivity index (χ1n) is 10.3. The van der Waals surface area contributed by atoms with Crippen molar-refractivity contribution in [2.24, 2.45) is 11.8 Å². The van der Waals surface area contributed by atoms with Crippen LogP contribution in [0.2, 0.25) is 0 Å². The summed E-state index contributed by atoms with van der Waals surface area (Å²) in [7, 11) is 0. The monoisotopic (exact) mass is 387 g/mol. The van der Waals surface area contributed by atoms with Gasteiger partial charge in [0.05, 0.1) is 6.54 Å². The van der Waals surface area contributed by atoms with E-state index < -0.39 is 0 Å². The minimum Gasteiger partial charge on any atom is -0.342 e. The molecule has 154 valence electrons. The highest BCUT2D eigenvalue weighted by atomic mass is 16.2. The molecule has 2 rings (SSSR count). The van der Waals surface area contributed by atoms with Crippen LogP contribution in [0.25, 0.3) is 0 Å². The zero-order chi connectivity index (χ0) is 20.7. The van der Waals surface area contributed by atoms with Gasteiger partial charge in [0, 0.05) is 37.2 Å². The van der Waals surface area contributed by atoms with Crippen LogP contribution >= 0.6 is 0 Å². The zero-order valence-electron chi connectivity index (χ0n) is 17.5.